The van der Waals surface area contributed by atoms with Gasteiger partial charge in [-0.15, -0.1) is 0 Å². The molecule has 3 heteroatoms. The van der Waals surface area contributed by atoms with Crippen LogP contribution in [-0.2, 0) is 0 Å². The summed E-state index contributed by atoms with van der Waals surface area (Å²) in [5.41, 5.74) is 6.12. The van der Waals surface area contributed by atoms with Crippen LogP contribution in [0.4, 0.5) is 0 Å². The first-order valence-electron chi connectivity index (χ1n) is 6.78. The minimum atomic E-state index is -1.25. The molecule has 0 spiro atoms. The summed E-state index contributed by atoms with van der Waals surface area (Å²) in [6.07, 6.45) is 7.91. The Morgan fingerprint density at radius 3 is 2.19 bits per heavy atom. The van der Waals surface area contributed by atoms with Gasteiger partial charge in [-0.3, -0.25) is 0 Å². The van der Waals surface area contributed by atoms with Gasteiger partial charge in [0.25, 0.3) is 0 Å². The third-order valence-corrected chi connectivity index (χ3v) is 4.02. The van der Waals surface area contributed by atoms with Crippen LogP contribution in [0.1, 0.15) is 58.3 Å². The summed E-state index contributed by atoms with van der Waals surface area (Å²) in [5.74, 6) is 0.233. The Bertz CT molecular complexity index is 185. The van der Waals surface area contributed by atoms with Crippen molar-refractivity contribution in [1.29, 1.82) is 0 Å². The maximum Gasteiger partial charge on any atom is 0.156 e. The van der Waals surface area contributed by atoms with E-state index in [0.717, 1.165) is 25.7 Å². The van der Waals surface area contributed by atoms with Gasteiger partial charge in [0.1, 0.15) is 0 Å². The van der Waals surface area contributed by atoms with Crippen molar-refractivity contribution >= 4 is 0 Å². The van der Waals surface area contributed by atoms with Crippen LogP contribution in [0, 0.1) is 11.8 Å². The molecule has 0 radical (unpaired) electrons. The average molecular weight is 229 g/mol. The molecule has 3 nitrogen and oxygen atoms in total. The number of aliphatic hydroxyl groups is 2. The van der Waals surface area contributed by atoms with Gasteiger partial charge in [0.15, 0.2) is 6.29 Å². The van der Waals surface area contributed by atoms with Crippen LogP contribution in [0.15, 0.2) is 0 Å². The second-order valence-electron chi connectivity index (χ2n) is 5.17. The lowest BCUT2D eigenvalue weighted by Crippen LogP contribution is -2.42. The number of rotatable bonds is 2. The van der Waals surface area contributed by atoms with E-state index in [1.165, 1.54) is 25.7 Å². The SMILES string of the molecule is CCC1CCCCCCCC(N)C1C(O)O. The monoisotopic (exact) mass is 229 g/mol. The van der Waals surface area contributed by atoms with Gasteiger partial charge in [0.05, 0.1) is 0 Å². The molecule has 96 valence electrons. The molecule has 1 aliphatic carbocycles. The van der Waals surface area contributed by atoms with Crippen LogP contribution in [0.5, 0.6) is 0 Å². The van der Waals surface area contributed by atoms with Gasteiger partial charge < -0.3 is 15.9 Å². The Morgan fingerprint density at radius 1 is 1.06 bits per heavy atom. The van der Waals surface area contributed by atoms with Crippen molar-refractivity contribution in [3.8, 4) is 0 Å². The summed E-state index contributed by atoms with van der Waals surface area (Å²) in [6, 6.07) is -0.0527. The zero-order chi connectivity index (χ0) is 12.0. The zero-order valence-electron chi connectivity index (χ0n) is 10.4. The van der Waals surface area contributed by atoms with Gasteiger partial charge >= 0.3 is 0 Å². The fourth-order valence-corrected chi connectivity index (χ4v) is 2.99. The lowest BCUT2D eigenvalue weighted by atomic mass is 9.78. The first-order valence-corrected chi connectivity index (χ1v) is 6.78. The third kappa shape index (κ3) is 4.04. The molecule has 0 bridgehead atoms. The third-order valence-electron chi connectivity index (χ3n) is 4.02. The maximum absolute atomic E-state index is 9.50. The van der Waals surface area contributed by atoms with Crippen LogP contribution >= 0.6 is 0 Å². The molecule has 3 atom stereocenters. The highest BCUT2D eigenvalue weighted by molar-refractivity contribution is 4.81. The molecule has 0 aromatic heterocycles. The zero-order valence-corrected chi connectivity index (χ0v) is 10.4. The topological polar surface area (TPSA) is 66.5 Å². The number of hydrogen-bond donors (Lipinski definition) is 3. The largest absolute Gasteiger partial charge is 0.368 e. The van der Waals surface area contributed by atoms with E-state index in [2.05, 4.69) is 6.92 Å². The molecule has 0 amide bonds. The van der Waals surface area contributed by atoms with Crippen LogP contribution in [0.2, 0.25) is 0 Å². The summed E-state index contributed by atoms with van der Waals surface area (Å²) in [4.78, 5) is 0. The van der Waals surface area contributed by atoms with E-state index in [1.54, 1.807) is 0 Å². The van der Waals surface area contributed by atoms with E-state index in [4.69, 9.17) is 5.73 Å². The summed E-state index contributed by atoms with van der Waals surface area (Å²) in [7, 11) is 0. The average Bonchev–Trinajstić information content (AvgIpc) is 2.25. The van der Waals surface area contributed by atoms with Gasteiger partial charge in [0.2, 0.25) is 0 Å². The van der Waals surface area contributed by atoms with Crippen molar-refractivity contribution in [2.24, 2.45) is 17.6 Å². The van der Waals surface area contributed by atoms with Crippen LogP contribution in [-0.4, -0.2) is 22.5 Å². The van der Waals surface area contributed by atoms with E-state index in [0.29, 0.717) is 5.92 Å². The second-order valence-corrected chi connectivity index (χ2v) is 5.17. The molecular formula is C13H27NO2. The normalized spacial score (nSPS) is 33.9. The summed E-state index contributed by atoms with van der Waals surface area (Å²) >= 11 is 0. The molecule has 1 saturated carbocycles. The standard InChI is InChI=1S/C13H27NO2/c1-2-10-8-6-4-3-5-7-9-11(14)12(10)13(15)16/h10-13,15-16H,2-9,14H2,1H3. The maximum atomic E-state index is 9.50. The molecule has 0 aliphatic heterocycles. The molecule has 0 aromatic carbocycles. The molecule has 1 aliphatic rings. The quantitative estimate of drug-likeness (QED) is 0.635. The van der Waals surface area contributed by atoms with E-state index >= 15 is 0 Å². The summed E-state index contributed by atoms with van der Waals surface area (Å²) in [6.45, 7) is 2.12. The summed E-state index contributed by atoms with van der Waals surface area (Å²) in [5, 5.41) is 19.0. The number of nitrogens with two attached hydrogens (primary N) is 1. The van der Waals surface area contributed by atoms with E-state index in [1.807, 2.05) is 0 Å². The van der Waals surface area contributed by atoms with Crippen molar-refractivity contribution in [1.82, 2.24) is 0 Å². The smallest absolute Gasteiger partial charge is 0.156 e. The van der Waals surface area contributed by atoms with E-state index in [9.17, 15) is 10.2 Å². The molecule has 0 heterocycles. The van der Waals surface area contributed by atoms with Crippen molar-refractivity contribution in [3.05, 3.63) is 0 Å². The van der Waals surface area contributed by atoms with Gasteiger partial charge in [-0.05, 0) is 18.8 Å². The lowest BCUT2D eigenvalue weighted by Gasteiger charge is -2.33. The van der Waals surface area contributed by atoms with Crippen molar-refractivity contribution in [2.45, 2.75) is 70.6 Å². The predicted molar refractivity (Wildman–Crippen MR) is 65.8 cm³/mol. The van der Waals surface area contributed by atoms with Gasteiger partial charge in [-0.1, -0.05) is 45.4 Å². The molecule has 1 fully saturated rings. The first kappa shape index (κ1) is 13.9. The van der Waals surface area contributed by atoms with Crippen molar-refractivity contribution in [2.75, 3.05) is 0 Å². The van der Waals surface area contributed by atoms with Gasteiger partial charge in [-0.25, -0.2) is 0 Å². The van der Waals surface area contributed by atoms with Crippen LogP contribution in [0.25, 0.3) is 0 Å². The highest BCUT2D eigenvalue weighted by Crippen LogP contribution is 2.30. The minimum absolute atomic E-state index is 0.0527. The lowest BCUT2D eigenvalue weighted by molar-refractivity contribution is -0.110. The highest BCUT2D eigenvalue weighted by atomic mass is 16.5. The van der Waals surface area contributed by atoms with Gasteiger partial charge in [-0.2, -0.15) is 0 Å². The van der Waals surface area contributed by atoms with E-state index < -0.39 is 6.29 Å². The Morgan fingerprint density at radius 2 is 1.62 bits per heavy atom. The fraction of sp³-hybridized carbons (Fsp3) is 1.00. The predicted octanol–water partition coefficient (Wildman–Crippen LogP) is 2.01. The highest BCUT2D eigenvalue weighted by Gasteiger charge is 2.31. The molecular weight excluding hydrogens is 202 g/mol. The fourth-order valence-electron chi connectivity index (χ4n) is 2.99. The van der Waals surface area contributed by atoms with Crippen LogP contribution in [0.3, 0.4) is 0 Å². The molecule has 1 rings (SSSR count). The number of aliphatic hydroxyl groups excluding tert-OH is 1. The molecule has 16 heavy (non-hydrogen) atoms. The van der Waals surface area contributed by atoms with Crippen molar-refractivity contribution in [3.63, 3.8) is 0 Å². The Labute approximate surface area is 99.0 Å². The Balaban J connectivity index is 2.65. The van der Waals surface area contributed by atoms with Crippen molar-refractivity contribution < 1.29 is 10.2 Å². The number of hydrogen-bond acceptors (Lipinski definition) is 3. The Kier molecular flexibility index (Phi) is 6.32. The molecule has 0 saturated heterocycles. The second kappa shape index (κ2) is 7.25. The van der Waals surface area contributed by atoms with Crippen LogP contribution < -0.4 is 5.73 Å². The first-order chi connectivity index (χ1) is 7.66. The molecule has 4 N–H and O–H groups in total. The van der Waals surface area contributed by atoms with Gasteiger partial charge in [0, 0.05) is 12.0 Å². The van der Waals surface area contributed by atoms with E-state index in [-0.39, 0.29) is 12.0 Å². The minimum Gasteiger partial charge on any atom is -0.368 e. The molecule has 3 unspecified atom stereocenters. The molecule has 0 aromatic rings. The Hall–Kier alpha value is -0.120. The summed E-state index contributed by atoms with van der Waals surface area (Å²) < 4.78 is 0.